The normalized spacial score (nSPS) is 11.2. The maximum Gasteiger partial charge on any atom is 0.119 e. The summed E-state index contributed by atoms with van der Waals surface area (Å²) < 4.78 is 47.5. The lowest BCUT2D eigenvalue weighted by atomic mass is 9.98. The summed E-state index contributed by atoms with van der Waals surface area (Å²) in [5, 5.41) is 4.77. The number of benzene rings is 13. The Morgan fingerprint density at radius 2 is 0.346 bits per heavy atom. The van der Waals surface area contributed by atoms with Crippen LogP contribution in [0.15, 0.2) is 303 Å². The SMILES string of the molecule is COc1ccc(N(c2ccc(OC)cc2)c2ccc(-c3cc4c(s3)c3sc(-c5ccc(N(c6ccc(OC)cc6)c6ccc(OC)cc6)cc5)cc3c3c(-c5ccc(N(c6ccc(OC)cc6)c6ccc(OC)cc6)cc5)sc(-c5ccc(N(c6ccc(OC)cc6)c6ccc(OC)cc6)cc5)c43)cc2)cc1. The van der Waals surface area contributed by atoms with Gasteiger partial charge in [-0.2, -0.15) is 0 Å². The highest BCUT2D eigenvalue weighted by Gasteiger charge is 2.27. The molecule has 0 saturated carbocycles. The van der Waals surface area contributed by atoms with Crippen LogP contribution in [0.5, 0.6) is 46.0 Å². The molecule has 0 aliphatic heterocycles. The van der Waals surface area contributed by atoms with Gasteiger partial charge >= 0.3 is 0 Å². The molecular formula is C92H74N4O8S3. The molecule has 0 atom stereocenters. The Bertz CT molecular complexity index is 5190. The second-order valence-corrected chi connectivity index (χ2v) is 28.5. The number of rotatable bonds is 24. The number of hydrogen-bond acceptors (Lipinski definition) is 15. The van der Waals surface area contributed by atoms with E-state index >= 15 is 0 Å². The molecule has 0 aliphatic carbocycles. The quantitative estimate of drug-likeness (QED) is 0.0577. The van der Waals surface area contributed by atoms with Gasteiger partial charge in [-0.1, -0.05) is 48.5 Å². The zero-order chi connectivity index (χ0) is 73.1. The summed E-state index contributed by atoms with van der Waals surface area (Å²) >= 11 is 5.54. The van der Waals surface area contributed by atoms with E-state index in [9.17, 15) is 0 Å². The minimum Gasteiger partial charge on any atom is -0.497 e. The number of hydrogen-bond donors (Lipinski definition) is 0. The highest BCUT2D eigenvalue weighted by atomic mass is 32.1. The van der Waals surface area contributed by atoms with Gasteiger partial charge in [0.15, 0.2) is 0 Å². The third kappa shape index (κ3) is 13.6. The van der Waals surface area contributed by atoms with Crippen LogP contribution in [0.25, 0.3) is 72.7 Å². The summed E-state index contributed by atoms with van der Waals surface area (Å²) in [6, 6.07) is 106. The van der Waals surface area contributed by atoms with Crippen LogP contribution >= 0.6 is 34.0 Å². The van der Waals surface area contributed by atoms with Gasteiger partial charge in [0.05, 0.1) is 66.3 Å². The minimum absolute atomic E-state index is 0.782. The van der Waals surface area contributed by atoms with Crippen LogP contribution in [0, 0.1) is 0 Å². The summed E-state index contributed by atoms with van der Waals surface area (Å²) in [6.45, 7) is 0. The largest absolute Gasteiger partial charge is 0.497 e. The fourth-order valence-electron chi connectivity index (χ4n) is 13.8. The Hall–Kier alpha value is -12.7. The molecule has 12 nitrogen and oxygen atoms in total. The number of anilines is 12. The molecule has 0 bridgehead atoms. The summed E-state index contributed by atoms with van der Waals surface area (Å²) in [5.41, 5.74) is 16.3. The van der Waals surface area contributed by atoms with E-state index in [2.05, 4.69) is 226 Å². The molecule has 0 unspecified atom stereocenters. The van der Waals surface area contributed by atoms with E-state index < -0.39 is 0 Å². The summed E-state index contributed by atoms with van der Waals surface area (Å²) in [7, 11) is 13.6. The van der Waals surface area contributed by atoms with Crippen molar-refractivity contribution in [3.63, 3.8) is 0 Å². The standard InChI is InChI=1S/C92H74N4O8S3/c1-97-75-41-25-67(26-42-75)93(68-27-43-76(98-2)44-28-68)63-17-9-59(10-18-63)85-57-83-87-88(84-58-86(106-92(84)91(83)105-85)60-11-19-64(20-12-60)94(69-29-45-77(99-3)46-30-69)70-31-47-78(100-4)48-32-70)90(62-15-23-66(24-16-62)96(73-37-53-81(103-7)54-38-73)74-39-55-82(104-8)56-40-74)107-89(87)61-13-21-65(22-14-61)95(71-33-49-79(101-5)50-34-71)72-35-51-80(102-6)52-36-72/h9-58H,1-8H3. The highest BCUT2D eigenvalue weighted by molar-refractivity contribution is 7.31. The summed E-state index contributed by atoms with van der Waals surface area (Å²) in [4.78, 5) is 13.7. The second-order valence-electron chi connectivity index (χ2n) is 25.3. The van der Waals surface area contributed by atoms with Crippen molar-refractivity contribution in [1.29, 1.82) is 0 Å². The number of thiophene rings is 3. The van der Waals surface area contributed by atoms with Crippen LogP contribution in [0.1, 0.15) is 0 Å². The van der Waals surface area contributed by atoms with Crippen molar-refractivity contribution >= 4 is 133 Å². The first kappa shape index (κ1) is 68.8. The molecule has 3 aromatic heterocycles. The molecule has 13 aromatic carbocycles. The van der Waals surface area contributed by atoms with E-state index in [0.717, 1.165) is 146 Å². The van der Waals surface area contributed by atoms with E-state index in [1.807, 2.05) is 131 Å². The first-order valence-electron chi connectivity index (χ1n) is 34.8. The molecule has 16 aromatic rings. The highest BCUT2D eigenvalue weighted by Crippen LogP contribution is 2.56. The molecule has 107 heavy (non-hydrogen) atoms. The third-order valence-corrected chi connectivity index (χ3v) is 23.2. The maximum atomic E-state index is 5.65. The fourth-order valence-corrected chi connectivity index (χ4v) is 17.7. The van der Waals surface area contributed by atoms with E-state index in [-0.39, 0.29) is 0 Å². The van der Waals surface area contributed by atoms with Gasteiger partial charge < -0.3 is 57.5 Å². The Morgan fingerprint density at radius 3 is 0.514 bits per heavy atom. The molecule has 0 saturated heterocycles. The van der Waals surface area contributed by atoms with E-state index in [4.69, 9.17) is 37.9 Å². The summed E-state index contributed by atoms with van der Waals surface area (Å²) in [5.74, 6) is 6.28. The molecule has 0 spiro atoms. The average molecular weight is 1460 g/mol. The fraction of sp³-hybridized carbons (Fsp3) is 0.0870. The van der Waals surface area contributed by atoms with E-state index in [1.54, 1.807) is 56.9 Å². The van der Waals surface area contributed by atoms with Crippen molar-refractivity contribution in [2.75, 3.05) is 76.5 Å². The smallest absolute Gasteiger partial charge is 0.119 e. The lowest BCUT2D eigenvalue weighted by molar-refractivity contribution is 0.414. The Morgan fingerprint density at radius 1 is 0.187 bits per heavy atom. The second kappa shape index (κ2) is 30.2. The topological polar surface area (TPSA) is 86.8 Å². The molecule has 16 rings (SSSR count). The van der Waals surface area contributed by atoms with E-state index in [0.29, 0.717) is 0 Å². The van der Waals surface area contributed by atoms with Crippen molar-refractivity contribution in [3.05, 3.63) is 303 Å². The zero-order valence-electron chi connectivity index (χ0n) is 60.1. The van der Waals surface area contributed by atoms with Gasteiger partial charge in [0.25, 0.3) is 0 Å². The van der Waals surface area contributed by atoms with Crippen LogP contribution in [0.3, 0.4) is 0 Å². The summed E-state index contributed by atoms with van der Waals surface area (Å²) in [6.07, 6.45) is 0. The van der Waals surface area contributed by atoms with Gasteiger partial charge in [-0.05, 0) is 277 Å². The van der Waals surface area contributed by atoms with Gasteiger partial charge in [0.2, 0.25) is 0 Å². The predicted molar refractivity (Wildman–Crippen MR) is 445 cm³/mol. The van der Waals surface area contributed by atoms with Crippen LogP contribution in [-0.2, 0) is 0 Å². The van der Waals surface area contributed by atoms with Crippen molar-refractivity contribution in [2.24, 2.45) is 0 Å². The molecule has 528 valence electrons. The van der Waals surface area contributed by atoms with Crippen molar-refractivity contribution in [2.45, 2.75) is 0 Å². The monoisotopic (exact) mass is 1460 g/mol. The van der Waals surface area contributed by atoms with Gasteiger partial charge in [-0.15, -0.1) is 34.0 Å². The van der Waals surface area contributed by atoms with Crippen molar-refractivity contribution in [1.82, 2.24) is 0 Å². The van der Waals surface area contributed by atoms with Gasteiger partial charge in [-0.3, -0.25) is 0 Å². The molecule has 0 N–H and O–H groups in total. The zero-order valence-corrected chi connectivity index (χ0v) is 62.6. The molecule has 15 heteroatoms. The lowest BCUT2D eigenvalue weighted by Crippen LogP contribution is -2.09. The maximum absolute atomic E-state index is 5.65. The van der Waals surface area contributed by atoms with Gasteiger partial charge in [0.1, 0.15) is 46.0 Å². The Balaban J connectivity index is 0.898. The Labute approximate surface area is 634 Å². The van der Waals surface area contributed by atoms with Crippen LogP contribution in [0.4, 0.5) is 68.2 Å². The molecule has 0 amide bonds. The Kier molecular flexibility index (Phi) is 19.4. The van der Waals surface area contributed by atoms with Gasteiger partial charge in [0, 0.05) is 109 Å². The first-order chi connectivity index (χ1) is 52.6. The number of ether oxygens (including phenoxy) is 8. The van der Waals surface area contributed by atoms with E-state index in [1.165, 1.54) is 40.7 Å². The molecule has 3 heterocycles. The van der Waals surface area contributed by atoms with Crippen LogP contribution in [-0.4, -0.2) is 56.9 Å². The van der Waals surface area contributed by atoms with Gasteiger partial charge in [-0.25, -0.2) is 0 Å². The van der Waals surface area contributed by atoms with Crippen molar-refractivity contribution < 1.29 is 37.9 Å². The molecule has 0 radical (unpaired) electrons. The van der Waals surface area contributed by atoms with Crippen LogP contribution in [0.2, 0.25) is 0 Å². The molecule has 0 fully saturated rings. The average Bonchev–Trinajstić information content (AvgIpc) is 1.55. The first-order valence-corrected chi connectivity index (χ1v) is 37.3. The minimum atomic E-state index is 0.782. The third-order valence-electron chi connectivity index (χ3n) is 19.4. The number of methoxy groups -OCH3 is 8. The number of fused-ring (bicyclic) bond motifs is 6. The lowest BCUT2D eigenvalue weighted by Gasteiger charge is -2.26. The van der Waals surface area contributed by atoms with Crippen molar-refractivity contribution in [3.8, 4) is 87.8 Å². The number of nitrogens with zero attached hydrogens (tertiary/aromatic N) is 4. The van der Waals surface area contributed by atoms with Crippen LogP contribution < -0.4 is 57.5 Å². The molecular weight excluding hydrogens is 1390 g/mol. The predicted octanol–water partition coefficient (Wildman–Crippen LogP) is 25.9. The molecule has 0 aliphatic rings.